The number of aromatic nitrogens is 2. The van der Waals surface area contributed by atoms with Gasteiger partial charge >= 0.3 is 5.69 Å². The van der Waals surface area contributed by atoms with Crippen LogP contribution in [-0.2, 0) is 6.54 Å². The largest absolute Gasteiger partial charge is 0.424 e. The van der Waals surface area contributed by atoms with Crippen LogP contribution in [0.3, 0.4) is 0 Å². The van der Waals surface area contributed by atoms with Crippen LogP contribution in [0.5, 0.6) is 0 Å². The van der Waals surface area contributed by atoms with Crippen molar-refractivity contribution in [3.63, 3.8) is 0 Å². The van der Waals surface area contributed by atoms with Crippen LogP contribution in [0.4, 0.5) is 5.82 Å². The monoisotopic (exact) mass is 351 g/mol. The molecule has 2 aromatic heterocycles. The molecule has 1 aliphatic carbocycles. The second-order valence-corrected chi connectivity index (χ2v) is 7.00. The summed E-state index contributed by atoms with van der Waals surface area (Å²) in [5.41, 5.74) is -0.674. The third-order valence-corrected chi connectivity index (χ3v) is 5.24. The lowest BCUT2D eigenvalue weighted by atomic mass is 10.2. The van der Waals surface area contributed by atoms with E-state index in [-0.39, 0.29) is 0 Å². The molecule has 6 heteroatoms. The predicted molar refractivity (Wildman–Crippen MR) is 101 cm³/mol. The van der Waals surface area contributed by atoms with Crippen LogP contribution in [0.25, 0.3) is 22.2 Å². The quantitative estimate of drug-likeness (QED) is 0.710. The number of benzene rings is 1. The van der Waals surface area contributed by atoms with E-state index in [2.05, 4.69) is 34.6 Å². The minimum Gasteiger partial charge on any atom is -0.424 e. The van der Waals surface area contributed by atoms with Crippen LogP contribution in [0, 0.1) is 0 Å². The Bertz CT molecular complexity index is 1110. The van der Waals surface area contributed by atoms with Crippen molar-refractivity contribution in [3.05, 3.63) is 68.4 Å². The minimum atomic E-state index is -0.674. The first-order valence-corrected chi connectivity index (χ1v) is 8.95. The maximum atomic E-state index is 12.0. The number of hydrogen-bond donors (Lipinski definition) is 2. The van der Waals surface area contributed by atoms with Crippen molar-refractivity contribution in [2.45, 2.75) is 19.4 Å². The van der Waals surface area contributed by atoms with E-state index in [0.29, 0.717) is 22.4 Å². The van der Waals surface area contributed by atoms with Gasteiger partial charge in [0, 0.05) is 14.8 Å². The first-order chi connectivity index (χ1) is 12.2. The van der Waals surface area contributed by atoms with Gasteiger partial charge in [0.25, 0.3) is 0 Å². The molecule has 2 heterocycles. The molecule has 25 heavy (non-hydrogen) atoms. The molecule has 0 spiro atoms. The van der Waals surface area contributed by atoms with Crippen molar-refractivity contribution in [1.29, 1.82) is 0 Å². The van der Waals surface area contributed by atoms with E-state index in [9.17, 15) is 10.0 Å². The molecule has 0 unspecified atom stereocenters. The molecule has 4 rings (SSSR count). The Hall–Kier alpha value is -2.86. The first-order valence-electron chi connectivity index (χ1n) is 8.13. The van der Waals surface area contributed by atoms with Crippen molar-refractivity contribution in [2.75, 3.05) is 5.32 Å². The first kappa shape index (κ1) is 15.7. The summed E-state index contributed by atoms with van der Waals surface area (Å²) in [7, 11) is 0. The van der Waals surface area contributed by atoms with Gasteiger partial charge in [0.15, 0.2) is 0 Å². The summed E-state index contributed by atoms with van der Waals surface area (Å²) >= 11 is 1.71. The van der Waals surface area contributed by atoms with Crippen molar-refractivity contribution in [2.24, 2.45) is 0 Å². The number of nitrogens with one attached hydrogen (secondary N) is 1. The summed E-state index contributed by atoms with van der Waals surface area (Å²) < 4.78 is 1.85. The van der Waals surface area contributed by atoms with E-state index >= 15 is 0 Å². The van der Waals surface area contributed by atoms with Gasteiger partial charge in [-0.2, -0.15) is 4.98 Å². The lowest BCUT2D eigenvalue weighted by Crippen LogP contribution is -2.45. The summed E-state index contributed by atoms with van der Waals surface area (Å²) in [4.78, 5) is 17.1. The zero-order valence-electron chi connectivity index (χ0n) is 13.5. The Morgan fingerprint density at radius 3 is 3.04 bits per heavy atom. The molecule has 0 radical (unpaired) electrons. The smallest absolute Gasteiger partial charge is 0.382 e. The molecule has 0 saturated heterocycles. The standard InChI is InChI=1S/C19H17N3O2S/c23-19-21-18(15-8-3-1-2-4-9-16(15)22(19)24)20-12-14-11-13-7-5-6-10-17(13)25-14/h1,3,5-11,24H,2,4,12H2,(H,20,21,23). The summed E-state index contributed by atoms with van der Waals surface area (Å²) in [6.45, 7) is 0.575. The van der Waals surface area contributed by atoms with Gasteiger partial charge in [-0.25, -0.2) is 4.79 Å². The third-order valence-electron chi connectivity index (χ3n) is 4.12. The number of thiophene rings is 1. The molecule has 0 atom stereocenters. The number of anilines is 1. The Labute approximate surface area is 147 Å². The van der Waals surface area contributed by atoms with Gasteiger partial charge in [-0.1, -0.05) is 36.4 Å². The number of fused-ring (bicyclic) bond motifs is 2. The lowest BCUT2D eigenvalue weighted by molar-refractivity contribution is 0.160. The van der Waals surface area contributed by atoms with E-state index in [4.69, 9.17) is 0 Å². The van der Waals surface area contributed by atoms with Crippen LogP contribution < -0.4 is 21.6 Å². The Balaban J connectivity index is 1.73. The van der Waals surface area contributed by atoms with E-state index in [1.807, 2.05) is 30.4 Å². The molecule has 5 nitrogen and oxygen atoms in total. The zero-order valence-corrected chi connectivity index (χ0v) is 14.3. The topological polar surface area (TPSA) is 67.2 Å². The zero-order chi connectivity index (χ0) is 17.2. The highest BCUT2D eigenvalue weighted by Crippen LogP contribution is 2.25. The molecule has 0 bridgehead atoms. The highest BCUT2D eigenvalue weighted by Gasteiger charge is 2.08. The molecule has 3 aromatic rings. The highest BCUT2D eigenvalue weighted by molar-refractivity contribution is 7.19. The number of allylic oxidation sites excluding steroid dienone is 2. The second-order valence-electron chi connectivity index (χ2n) is 5.83. The number of rotatable bonds is 3. The summed E-state index contributed by atoms with van der Waals surface area (Å²) in [5, 5.41) is 15.7. The molecule has 126 valence electrons. The molecule has 0 saturated carbocycles. The molecule has 1 aromatic carbocycles. The number of nitrogens with zero attached hydrogens (tertiary/aromatic N) is 2. The fraction of sp³-hybridized carbons (Fsp3) is 0.158. The Kier molecular flexibility index (Phi) is 4.11. The summed E-state index contributed by atoms with van der Waals surface area (Å²) in [5.74, 6) is 0.491. The molecule has 0 amide bonds. The van der Waals surface area contributed by atoms with Crippen LogP contribution >= 0.6 is 11.3 Å². The summed E-state index contributed by atoms with van der Waals surface area (Å²) in [6.07, 6.45) is 9.36. The van der Waals surface area contributed by atoms with Gasteiger partial charge in [0.1, 0.15) is 5.82 Å². The average Bonchev–Trinajstić information content (AvgIpc) is 3.00. The predicted octanol–water partition coefficient (Wildman–Crippen LogP) is 2.22. The SMILES string of the molecule is O=c1nc(NCc2cc3ccccc3s2)c2c(n1O)=CCCC=CC=2. The maximum Gasteiger partial charge on any atom is 0.382 e. The van der Waals surface area contributed by atoms with Crippen LogP contribution in [0.15, 0.2) is 47.3 Å². The van der Waals surface area contributed by atoms with Gasteiger partial charge in [0.2, 0.25) is 0 Å². The van der Waals surface area contributed by atoms with Crippen molar-refractivity contribution in [3.8, 4) is 0 Å². The van der Waals surface area contributed by atoms with Crippen LogP contribution in [-0.4, -0.2) is 14.9 Å². The van der Waals surface area contributed by atoms with Gasteiger partial charge < -0.3 is 10.5 Å². The third kappa shape index (κ3) is 3.08. The van der Waals surface area contributed by atoms with Crippen molar-refractivity contribution in [1.82, 2.24) is 9.71 Å². The maximum absolute atomic E-state index is 12.0. The molecule has 1 aliphatic rings. The van der Waals surface area contributed by atoms with E-state index in [1.165, 1.54) is 10.1 Å². The van der Waals surface area contributed by atoms with Gasteiger partial charge in [-0.05, 0) is 36.4 Å². The van der Waals surface area contributed by atoms with E-state index in [0.717, 1.165) is 22.9 Å². The normalized spacial score (nSPS) is 13.4. The fourth-order valence-electron chi connectivity index (χ4n) is 2.91. The molecular weight excluding hydrogens is 334 g/mol. The minimum absolute atomic E-state index is 0.489. The number of hydrogen-bond acceptors (Lipinski definition) is 5. The van der Waals surface area contributed by atoms with E-state index < -0.39 is 5.69 Å². The van der Waals surface area contributed by atoms with Gasteiger partial charge in [-0.3, -0.25) is 0 Å². The molecule has 0 aliphatic heterocycles. The second kappa shape index (κ2) is 6.57. The average molecular weight is 351 g/mol. The molecule has 2 N–H and O–H groups in total. The molecular formula is C19H17N3O2S. The van der Waals surface area contributed by atoms with Crippen LogP contribution in [0.2, 0.25) is 0 Å². The lowest BCUT2D eigenvalue weighted by Gasteiger charge is -2.08. The molecule has 0 fully saturated rings. The highest BCUT2D eigenvalue weighted by atomic mass is 32.1. The Morgan fingerprint density at radius 2 is 2.16 bits per heavy atom. The van der Waals surface area contributed by atoms with Crippen molar-refractivity contribution < 1.29 is 5.21 Å². The van der Waals surface area contributed by atoms with Crippen LogP contribution in [0.1, 0.15) is 17.7 Å². The van der Waals surface area contributed by atoms with Gasteiger partial charge in [0.05, 0.1) is 11.9 Å². The Morgan fingerprint density at radius 1 is 1.28 bits per heavy atom. The van der Waals surface area contributed by atoms with Crippen molar-refractivity contribution >= 4 is 39.4 Å². The van der Waals surface area contributed by atoms with Gasteiger partial charge in [-0.15, -0.1) is 16.1 Å². The van der Waals surface area contributed by atoms with E-state index in [1.54, 1.807) is 11.3 Å². The fourth-order valence-corrected chi connectivity index (χ4v) is 3.91. The summed E-state index contributed by atoms with van der Waals surface area (Å²) in [6, 6.07) is 10.4.